The highest BCUT2D eigenvalue weighted by Crippen LogP contribution is 2.47. The van der Waals surface area contributed by atoms with E-state index in [9.17, 15) is 5.26 Å². The Kier molecular flexibility index (Phi) is 3.40. The monoisotopic (exact) mass is 331 g/mol. The van der Waals surface area contributed by atoms with Crippen molar-refractivity contribution in [3.05, 3.63) is 70.7 Å². The third-order valence-corrected chi connectivity index (χ3v) is 4.61. The van der Waals surface area contributed by atoms with Crippen LogP contribution in [0.15, 0.2) is 54.1 Å². The molecule has 124 valence electrons. The zero-order valence-corrected chi connectivity index (χ0v) is 14.0. The Labute approximate surface area is 145 Å². The molecule has 0 saturated heterocycles. The maximum absolute atomic E-state index is 9.70. The lowest BCUT2D eigenvalue weighted by Gasteiger charge is -2.27. The van der Waals surface area contributed by atoms with Gasteiger partial charge in [-0.1, -0.05) is 23.8 Å². The Morgan fingerprint density at radius 1 is 1.24 bits per heavy atom. The Bertz CT molecular complexity index is 1060. The van der Waals surface area contributed by atoms with Gasteiger partial charge >= 0.3 is 0 Å². The number of fused-ring (bicyclic) bond motifs is 2. The number of nitrogens with zero attached hydrogens (tertiary/aromatic N) is 1. The summed E-state index contributed by atoms with van der Waals surface area (Å²) in [5.74, 6) is 0.970. The van der Waals surface area contributed by atoms with Crippen molar-refractivity contribution >= 4 is 10.9 Å². The fourth-order valence-corrected chi connectivity index (χ4v) is 3.43. The molecule has 0 bridgehead atoms. The summed E-state index contributed by atoms with van der Waals surface area (Å²) in [6, 6.07) is 14.1. The fourth-order valence-electron chi connectivity index (χ4n) is 3.43. The van der Waals surface area contributed by atoms with Gasteiger partial charge in [0.25, 0.3) is 0 Å². The smallest absolute Gasteiger partial charge is 0.205 e. The van der Waals surface area contributed by atoms with E-state index in [4.69, 9.17) is 15.2 Å². The van der Waals surface area contributed by atoms with Crippen molar-refractivity contribution < 1.29 is 9.47 Å². The number of H-pyrrole nitrogens is 1. The van der Waals surface area contributed by atoms with Gasteiger partial charge in [0, 0.05) is 22.7 Å². The molecule has 0 radical (unpaired) electrons. The van der Waals surface area contributed by atoms with Crippen LogP contribution in [0.5, 0.6) is 11.5 Å². The van der Waals surface area contributed by atoms with Crippen LogP contribution in [0.3, 0.4) is 0 Å². The number of para-hydroxylation sites is 1. The predicted molar refractivity (Wildman–Crippen MR) is 95.3 cm³/mol. The lowest BCUT2D eigenvalue weighted by Crippen LogP contribution is -2.21. The standard InChI is InChI=1S/C20H17N3O2/c1-11-6-7-16-13(8-11)15(10-23-16)18-12-4-3-5-17(24-2)19(12)25-20(22)14(18)9-21/h3-8,10,18,23H,22H2,1-2H3/t18-/m0/s1. The molecule has 2 aromatic carbocycles. The lowest BCUT2D eigenvalue weighted by atomic mass is 9.83. The highest BCUT2D eigenvalue weighted by Gasteiger charge is 2.33. The molecule has 0 spiro atoms. The Morgan fingerprint density at radius 2 is 2.08 bits per heavy atom. The van der Waals surface area contributed by atoms with Crippen LogP contribution in [0.25, 0.3) is 10.9 Å². The average Bonchev–Trinajstić information content (AvgIpc) is 3.02. The van der Waals surface area contributed by atoms with Gasteiger partial charge in [0.1, 0.15) is 11.6 Å². The molecule has 3 N–H and O–H groups in total. The van der Waals surface area contributed by atoms with Gasteiger partial charge in [-0.2, -0.15) is 5.26 Å². The summed E-state index contributed by atoms with van der Waals surface area (Å²) < 4.78 is 11.1. The van der Waals surface area contributed by atoms with Crippen molar-refractivity contribution in [2.45, 2.75) is 12.8 Å². The third kappa shape index (κ3) is 2.23. The second-order valence-electron chi connectivity index (χ2n) is 6.10. The van der Waals surface area contributed by atoms with E-state index in [0.29, 0.717) is 17.1 Å². The summed E-state index contributed by atoms with van der Waals surface area (Å²) in [5.41, 5.74) is 10.5. The van der Waals surface area contributed by atoms with Crippen molar-refractivity contribution in [2.75, 3.05) is 7.11 Å². The molecule has 5 nitrogen and oxygen atoms in total. The van der Waals surface area contributed by atoms with Crippen LogP contribution in [0.2, 0.25) is 0 Å². The number of nitrogens with two attached hydrogens (primary N) is 1. The summed E-state index contributed by atoms with van der Waals surface area (Å²) in [6.45, 7) is 2.05. The predicted octanol–water partition coefficient (Wildman–Crippen LogP) is 3.70. The van der Waals surface area contributed by atoms with Crippen LogP contribution in [-0.4, -0.2) is 12.1 Å². The number of aryl methyl sites for hydroxylation is 1. The van der Waals surface area contributed by atoms with Gasteiger partial charge in [-0.25, -0.2) is 0 Å². The van der Waals surface area contributed by atoms with E-state index in [0.717, 1.165) is 27.6 Å². The number of allylic oxidation sites excluding steroid dienone is 1. The second-order valence-corrected chi connectivity index (χ2v) is 6.10. The van der Waals surface area contributed by atoms with Gasteiger partial charge in [-0.05, 0) is 30.7 Å². The number of aromatic nitrogens is 1. The van der Waals surface area contributed by atoms with E-state index in [-0.39, 0.29) is 11.8 Å². The number of methoxy groups -OCH3 is 1. The summed E-state index contributed by atoms with van der Waals surface area (Å²) >= 11 is 0. The van der Waals surface area contributed by atoms with Crippen molar-refractivity contribution in [1.82, 2.24) is 4.98 Å². The van der Waals surface area contributed by atoms with Crippen LogP contribution < -0.4 is 15.2 Å². The molecule has 1 atom stereocenters. The SMILES string of the molecule is COc1cccc2c1OC(N)=C(C#N)[C@H]2c1c[nH]c2ccc(C)cc12. The fraction of sp³-hybridized carbons (Fsp3) is 0.150. The first kappa shape index (κ1) is 15.2. The van der Waals surface area contributed by atoms with Gasteiger partial charge in [-0.3, -0.25) is 0 Å². The zero-order valence-electron chi connectivity index (χ0n) is 14.0. The summed E-state index contributed by atoms with van der Waals surface area (Å²) in [6.07, 6.45) is 1.94. The molecule has 1 aromatic heterocycles. The van der Waals surface area contributed by atoms with Crippen LogP contribution in [-0.2, 0) is 0 Å². The Balaban J connectivity index is 2.02. The molecule has 4 rings (SSSR count). The number of hydrogen-bond acceptors (Lipinski definition) is 4. The molecule has 0 fully saturated rings. The van der Waals surface area contributed by atoms with Crippen molar-refractivity contribution in [3.8, 4) is 17.6 Å². The van der Waals surface area contributed by atoms with Crippen molar-refractivity contribution in [2.24, 2.45) is 5.73 Å². The first-order chi connectivity index (χ1) is 12.1. The van der Waals surface area contributed by atoms with E-state index in [1.807, 2.05) is 37.4 Å². The maximum Gasteiger partial charge on any atom is 0.205 e. The number of rotatable bonds is 2. The highest BCUT2D eigenvalue weighted by atomic mass is 16.5. The van der Waals surface area contributed by atoms with E-state index < -0.39 is 0 Å². The highest BCUT2D eigenvalue weighted by molar-refractivity contribution is 5.86. The molecule has 0 aliphatic carbocycles. The molecule has 0 unspecified atom stereocenters. The number of nitrogens with one attached hydrogen (secondary N) is 1. The first-order valence-electron chi connectivity index (χ1n) is 7.96. The minimum absolute atomic E-state index is 0.117. The number of aromatic amines is 1. The zero-order chi connectivity index (χ0) is 17.6. The number of ether oxygens (including phenoxy) is 2. The summed E-state index contributed by atoms with van der Waals surface area (Å²) in [4.78, 5) is 3.29. The lowest BCUT2D eigenvalue weighted by molar-refractivity contribution is 0.344. The van der Waals surface area contributed by atoms with Crippen LogP contribution >= 0.6 is 0 Å². The number of nitriles is 1. The van der Waals surface area contributed by atoms with Gasteiger partial charge in [0.2, 0.25) is 5.88 Å². The third-order valence-electron chi connectivity index (χ3n) is 4.61. The molecule has 1 aliphatic heterocycles. The Morgan fingerprint density at radius 3 is 2.84 bits per heavy atom. The minimum Gasteiger partial charge on any atom is -0.493 e. The van der Waals surface area contributed by atoms with Gasteiger partial charge in [-0.15, -0.1) is 0 Å². The second kappa shape index (κ2) is 5.60. The summed E-state index contributed by atoms with van der Waals surface area (Å²) in [7, 11) is 1.59. The van der Waals surface area contributed by atoms with Gasteiger partial charge in [0.05, 0.1) is 13.0 Å². The normalized spacial score (nSPS) is 16.3. The molecule has 0 amide bonds. The topological polar surface area (TPSA) is 84.1 Å². The molecule has 0 saturated carbocycles. The van der Waals surface area contributed by atoms with E-state index >= 15 is 0 Å². The molecule has 5 heteroatoms. The first-order valence-corrected chi connectivity index (χ1v) is 7.96. The number of hydrogen-bond donors (Lipinski definition) is 2. The van der Waals surface area contributed by atoms with E-state index in [1.165, 1.54) is 0 Å². The molecular weight excluding hydrogens is 314 g/mol. The largest absolute Gasteiger partial charge is 0.493 e. The average molecular weight is 331 g/mol. The molecule has 1 aliphatic rings. The van der Waals surface area contributed by atoms with Crippen molar-refractivity contribution in [1.29, 1.82) is 5.26 Å². The quantitative estimate of drug-likeness (QED) is 0.750. The molecular formula is C20H17N3O2. The van der Waals surface area contributed by atoms with Gasteiger partial charge < -0.3 is 20.2 Å². The van der Waals surface area contributed by atoms with Gasteiger partial charge in [0.15, 0.2) is 11.5 Å². The maximum atomic E-state index is 9.70. The number of benzene rings is 2. The Hall–Kier alpha value is -3.39. The van der Waals surface area contributed by atoms with E-state index in [1.54, 1.807) is 7.11 Å². The molecule has 3 aromatic rings. The molecule has 25 heavy (non-hydrogen) atoms. The summed E-state index contributed by atoms with van der Waals surface area (Å²) in [5, 5.41) is 10.8. The minimum atomic E-state index is -0.306. The van der Waals surface area contributed by atoms with Crippen LogP contribution in [0, 0.1) is 18.3 Å². The molecule has 2 heterocycles. The van der Waals surface area contributed by atoms with Crippen molar-refractivity contribution in [3.63, 3.8) is 0 Å². The van der Waals surface area contributed by atoms with Crippen LogP contribution in [0.4, 0.5) is 0 Å². The van der Waals surface area contributed by atoms with E-state index in [2.05, 4.69) is 23.2 Å². The van der Waals surface area contributed by atoms with Crippen LogP contribution in [0.1, 0.15) is 22.6 Å².